The molecule has 0 aliphatic rings. The number of carbonyl (C=O) groups is 1. The molecule has 0 saturated heterocycles. The number of methoxy groups -OCH3 is 2. The predicted molar refractivity (Wildman–Crippen MR) is 74.5 cm³/mol. The van der Waals surface area contributed by atoms with Crippen LogP contribution >= 0.6 is 0 Å². The van der Waals surface area contributed by atoms with Crippen LogP contribution in [0.15, 0.2) is 42.5 Å². The first kappa shape index (κ1) is 13.1. The summed E-state index contributed by atoms with van der Waals surface area (Å²) in [5.41, 5.74) is 3.42. The molecule has 0 bridgehead atoms. The molecule has 0 unspecified atom stereocenters. The molecule has 0 heterocycles. The van der Waals surface area contributed by atoms with E-state index in [0.29, 0.717) is 5.56 Å². The lowest BCUT2D eigenvalue weighted by molar-refractivity contribution is 0.0601. The van der Waals surface area contributed by atoms with E-state index < -0.39 is 0 Å². The SMILES string of the molecule is COC(=O)c1ccccc1-c1ccc(OC)c(C)c1. The fourth-order valence-electron chi connectivity index (χ4n) is 2.07. The molecule has 0 aromatic heterocycles. The first-order chi connectivity index (χ1) is 9.17. The Labute approximate surface area is 112 Å². The quantitative estimate of drug-likeness (QED) is 0.789. The van der Waals surface area contributed by atoms with Gasteiger partial charge in [0.05, 0.1) is 19.8 Å². The molecule has 0 atom stereocenters. The molecule has 98 valence electrons. The van der Waals surface area contributed by atoms with Gasteiger partial charge in [-0.3, -0.25) is 0 Å². The van der Waals surface area contributed by atoms with Crippen LogP contribution < -0.4 is 4.74 Å². The van der Waals surface area contributed by atoms with Crippen molar-refractivity contribution in [3.05, 3.63) is 53.6 Å². The monoisotopic (exact) mass is 256 g/mol. The van der Waals surface area contributed by atoms with Gasteiger partial charge in [0.1, 0.15) is 5.75 Å². The lowest BCUT2D eigenvalue weighted by Gasteiger charge is -2.10. The summed E-state index contributed by atoms with van der Waals surface area (Å²) in [6.45, 7) is 1.98. The molecule has 2 aromatic carbocycles. The zero-order valence-electron chi connectivity index (χ0n) is 11.3. The van der Waals surface area contributed by atoms with Crippen molar-refractivity contribution in [3.63, 3.8) is 0 Å². The summed E-state index contributed by atoms with van der Waals surface area (Å²) in [6.07, 6.45) is 0. The Kier molecular flexibility index (Phi) is 3.85. The van der Waals surface area contributed by atoms with Crippen molar-refractivity contribution in [2.75, 3.05) is 14.2 Å². The largest absolute Gasteiger partial charge is 0.496 e. The number of ether oxygens (including phenoxy) is 2. The van der Waals surface area contributed by atoms with Crippen LogP contribution in [0.3, 0.4) is 0 Å². The van der Waals surface area contributed by atoms with E-state index in [4.69, 9.17) is 9.47 Å². The van der Waals surface area contributed by atoms with Crippen molar-refractivity contribution in [1.82, 2.24) is 0 Å². The maximum atomic E-state index is 11.8. The lowest BCUT2D eigenvalue weighted by atomic mass is 9.98. The first-order valence-corrected chi connectivity index (χ1v) is 5.99. The number of esters is 1. The van der Waals surface area contributed by atoms with E-state index in [0.717, 1.165) is 22.4 Å². The minimum absolute atomic E-state index is 0.330. The minimum atomic E-state index is -0.330. The molecule has 0 amide bonds. The average Bonchev–Trinajstić information content (AvgIpc) is 2.46. The van der Waals surface area contributed by atoms with Gasteiger partial charge in [0.2, 0.25) is 0 Å². The second-order valence-corrected chi connectivity index (χ2v) is 4.22. The Morgan fingerprint density at radius 2 is 1.79 bits per heavy atom. The third-order valence-electron chi connectivity index (χ3n) is 3.04. The molecule has 2 aromatic rings. The van der Waals surface area contributed by atoms with E-state index in [1.807, 2.05) is 43.3 Å². The lowest BCUT2D eigenvalue weighted by Crippen LogP contribution is -2.03. The van der Waals surface area contributed by atoms with Gasteiger partial charge in [0.25, 0.3) is 0 Å². The third-order valence-corrected chi connectivity index (χ3v) is 3.04. The van der Waals surface area contributed by atoms with Gasteiger partial charge in [-0.15, -0.1) is 0 Å². The molecule has 0 radical (unpaired) electrons. The van der Waals surface area contributed by atoms with Crippen molar-refractivity contribution in [1.29, 1.82) is 0 Å². The van der Waals surface area contributed by atoms with E-state index in [1.165, 1.54) is 7.11 Å². The molecule has 3 nitrogen and oxygen atoms in total. The topological polar surface area (TPSA) is 35.5 Å². The van der Waals surface area contributed by atoms with E-state index in [9.17, 15) is 4.79 Å². The van der Waals surface area contributed by atoms with Crippen LogP contribution in [0.1, 0.15) is 15.9 Å². The molecule has 0 aliphatic carbocycles. The average molecular weight is 256 g/mol. The maximum Gasteiger partial charge on any atom is 0.338 e. The number of rotatable bonds is 3. The highest BCUT2D eigenvalue weighted by Crippen LogP contribution is 2.28. The Morgan fingerprint density at radius 1 is 1.05 bits per heavy atom. The van der Waals surface area contributed by atoms with Crippen LogP contribution in [0.4, 0.5) is 0 Å². The molecule has 0 N–H and O–H groups in total. The summed E-state index contributed by atoms with van der Waals surface area (Å²) >= 11 is 0. The zero-order valence-corrected chi connectivity index (χ0v) is 11.3. The Hall–Kier alpha value is -2.29. The zero-order chi connectivity index (χ0) is 13.8. The van der Waals surface area contributed by atoms with Gasteiger partial charge in [0, 0.05) is 0 Å². The molecular weight excluding hydrogens is 240 g/mol. The van der Waals surface area contributed by atoms with Gasteiger partial charge in [-0.05, 0) is 41.8 Å². The van der Waals surface area contributed by atoms with Crippen LogP contribution in [0.2, 0.25) is 0 Å². The Balaban J connectivity index is 2.53. The summed E-state index contributed by atoms with van der Waals surface area (Å²) in [5.74, 6) is 0.503. The van der Waals surface area contributed by atoms with Gasteiger partial charge in [0.15, 0.2) is 0 Å². The Morgan fingerprint density at radius 3 is 2.42 bits per heavy atom. The van der Waals surface area contributed by atoms with Crippen molar-refractivity contribution < 1.29 is 14.3 Å². The fraction of sp³-hybridized carbons (Fsp3) is 0.188. The summed E-state index contributed by atoms with van der Waals surface area (Å²) in [6, 6.07) is 13.2. The van der Waals surface area contributed by atoms with Gasteiger partial charge in [-0.2, -0.15) is 0 Å². The first-order valence-electron chi connectivity index (χ1n) is 5.99. The summed E-state index contributed by atoms with van der Waals surface area (Å²) in [5, 5.41) is 0. The molecule has 0 aliphatic heterocycles. The molecular formula is C16H16O3. The van der Waals surface area contributed by atoms with Crippen molar-refractivity contribution in [3.8, 4) is 16.9 Å². The summed E-state index contributed by atoms with van der Waals surface area (Å²) < 4.78 is 10.1. The van der Waals surface area contributed by atoms with E-state index in [1.54, 1.807) is 13.2 Å². The van der Waals surface area contributed by atoms with Crippen molar-refractivity contribution in [2.45, 2.75) is 6.92 Å². The van der Waals surface area contributed by atoms with Gasteiger partial charge < -0.3 is 9.47 Å². The number of benzene rings is 2. The van der Waals surface area contributed by atoms with E-state index >= 15 is 0 Å². The van der Waals surface area contributed by atoms with Crippen molar-refractivity contribution >= 4 is 5.97 Å². The number of aryl methyl sites for hydroxylation is 1. The predicted octanol–water partition coefficient (Wildman–Crippen LogP) is 3.46. The Bertz CT molecular complexity index is 603. The smallest absolute Gasteiger partial charge is 0.338 e. The van der Waals surface area contributed by atoms with Gasteiger partial charge in [-0.25, -0.2) is 4.79 Å². The summed E-state index contributed by atoms with van der Waals surface area (Å²) in [7, 11) is 3.03. The molecule has 19 heavy (non-hydrogen) atoms. The third kappa shape index (κ3) is 2.60. The normalized spacial score (nSPS) is 10.1. The highest BCUT2D eigenvalue weighted by molar-refractivity contribution is 5.97. The highest BCUT2D eigenvalue weighted by Gasteiger charge is 2.13. The van der Waals surface area contributed by atoms with E-state index in [2.05, 4.69) is 0 Å². The standard InChI is InChI=1S/C16H16O3/c1-11-10-12(8-9-15(11)18-2)13-6-4-5-7-14(13)16(17)19-3/h4-10H,1-3H3. The molecule has 0 fully saturated rings. The maximum absolute atomic E-state index is 11.8. The molecule has 2 rings (SSSR count). The number of hydrogen-bond donors (Lipinski definition) is 0. The fourth-order valence-corrected chi connectivity index (χ4v) is 2.07. The minimum Gasteiger partial charge on any atom is -0.496 e. The van der Waals surface area contributed by atoms with Crippen LogP contribution in [0, 0.1) is 6.92 Å². The van der Waals surface area contributed by atoms with Gasteiger partial charge in [-0.1, -0.05) is 24.3 Å². The van der Waals surface area contributed by atoms with Crippen LogP contribution in [0.25, 0.3) is 11.1 Å². The number of hydrogen-bond acceptors (Lipinski definition) is 3. The number of carbonyl (C=O) groups excluding carboxylic acids is 1. The molecule has 3 heteroatoms. The molecule has 0 spiro atoms. The second kappa shape index (κ2) is 5.57. The second-order valence-electron chi connectivity index (χ2n) is 4.22. The van der Waals surface area contributed by atoms with Crippen LogP contribution in [-0.2, 0) is 4.74 Å². The highest BCUT2D eigenvalue weighted by atomic mass is 16.5. The van der Waals surface area contributed by atoms with Gasteiger partial charge >= 0.3 is 5.97 Å². The van der Waals surface area contributed by atoms with Crippen LogP contribution in [-0.4, -0.2) is 20.2 Å². The van der Waals surface area contributed by atoms with E-state index in [-0.39, 0.29) is 5.97 Å². The molecule has 0 saturated carbocycles. The van der Waals surface area contributed by atoms with Crippen LogP contribution in [0.5, 0.6) is 5.75 Å². The van der Waals surface area contributed by atoms with Crippen molar-refractivity contribution in [2.24, 2.45) is 0 Å². The summed E-state index contributed by atoms with van der Waals surface area (Å²) in [4.78, 5) is 11.8.